The molecular weight excluding hydrogens is 757 g/mol. The summed E-state index contributed by atoms with van der Waals surface area (Å²) in [6.45, 7) is 0. The SMILES string of the molecule is c1ccc(-c2ccc(C3=NC(c4ccccc4)NC(c4cccc(-c5ccc(-c6ccc7c(c6)C6(c8ccccc8Oc8ccccc86)c6cccnc6-7)cc5)c4)=N3)cc2)cc1. The second-order valence-electron chi connectivity index (χ2n) is 16.0. The summed E-state index contributed by atoms with van der Waals surface area (Å²) in [4.78, 5) is 15.2. The Morgan fingerprint density at radius 2 is 0.952 bits per heavy atom. The normalized spacial score (nSPS) is 15.2. The minimum absolute atomic E-state index is 0.284. The number of aromatic nitrogens is 1. The first kappa shape index (κ1) is 35.8. The molecule has 5 heteroatoms. The largest absolute Gasteiger partial charge is 0.457 e. The zero-order valence-electron chi connectivity index (χ0n) is 33.6. The molecule has 0 radical (unpaired) electrons. The van der Waals surface area contributed by atoms with E-state index in [0.29, 0.717) is 5.84 Å². The fourth-order valence-corrected chi connectivity index (χ4v) is 9.56. The third-order valence-electron chi connectivity index (χ3n) is 12.5. The molecule has 0 fully saturated rings. The van der Waals surface area contributed by atoms with E-state index in [1.54, 1.807) is 0 Å². The summed E-state index contributed by atoms with van der Waals surface area (Å²) < 4.78 is 6.54. The number of aliphatic imine (C=N–C) groups is 2. The van der Waals surface area contributed by atoms with Gasteiger partial charge in [-0.05, 0) is 80.4 Å². The summed E-state index contributed by atoms with van der Waals surface area (Å²) in [5.41, 5.74) is 16.2. The maximum absolute atomic E-state index is 6.54. The third-order valence-corrected chi connectivity index (χ3v) is 12.5. The van der Waals surface area contributed by atoms with Crippen LogP contribution in [0.2, 0.25) is 0 Å². The number of hydrogen-bond acceptors (Lipinski definition) is 5. The summed E-state index contributed by atoms with van der Waals surface area (Å²) >= 11 is 0. The molecule has 3 heterocycles. The molecule has 62 heavy (non-hydrogen) atoms. The Bertz CT molecular complexity index is 3180. The van der Waals surface area contributed by atoms with Gasteiger partial charge < -0.3 is 10.1 Å². The van der Waals surface area contributed by atoms with E-state index in [4.69, 9.17) is 19.7 Å². The van der Waals surface area contributed by atoms with Gasteiger partial charge in [-0.15, -0.1) is 0 Å². The van der Waals surface area contributed by atoms with Crippen LogP contribution in [0.4, 0.5) is 0 Å². The van der Waals surface area contributed by atoms with E-state index in [-0.39, 0.29) is 6.17 Å². The first-order valence-corrected chi connectivity index (χ1v) is 21.0. The summed E-state index contributed by atoms with van der Waals surface area (Å²) in [6, 6.07) is 74.8. The maximum Gasteiger partial charge on any atom is 0.159 e. The highest BCUT2D eigenvalue weighted by Crippen LogP contribution is 2.61. The molecule has 12 rings (SSSR count). The lowest BCUT2D eigenvalue weighted by molar-refractivity contribution is 0.436. The van der Waals surface area contributed by atoms with Gasteiger partial charge in [-0.3, -0.25) is 4.98 Å². The van der Waals surface area contributed by atoms with Crippen LogP contribution < -0.4 is 10.1 Å². The third kappa shape index (κ3) is 5.81. The van der Waals surface area contributed by atoms with Gasteiger partial charge in [0.15, 0.2) is 5.84 Å². The Hall–Kier alpha value is -8.15. The van der Waals surface area contributed by atoms with Gasteiger partial charge in [0.1, 0.15) is 23.5 Å². The van der Waals surface area contributed by atoms with Gasteiger partial charge in [-0.2, -0.15) is 0 Å². The number of nitrogens with one attached hydrogen (secondary N) is 1. The van der Waals surface area contributed by atoms with Crippen LogP contribution in [0, 0.1) is 0 Å². The molecule has 1 unspecified atom stereocenters. The van der Waals surface area contributed by atoms with Crippen molar-refractivity contribution in [1.29, 1.82) is 0 Å². The molecule has 8 aromatic carbocycles. The second kappa shape index (κ2) is 14.5. The molecule has 0 amide bonds. The lowest BCUT2D eigenvalue weighted by Gasteiger charge is -2.39. The Kier molecular flexibility index (Phi) is 8.39. The first-order chi connectivity index (χ1) is 30.7. The molecule has 1 atom stereocenters. The van der Waals surface area contributed by atoms with E-state index in [2.05, 4.69) is 193 Å². The van der Waals surface area contributed by atoms with Gasteiger partial charge in [0.2, 0.25) is 0 Å². The zero-order chi connectivity index (χ0) is 41.0. The number of amidine groups is 2. The van der Waals surface area contributed by atoms with Gasteiger partial charge in [-0.25, -0.2) is 9.98 Å². The Morgan fingerprint density at radius 1 is 0.419 bits per heavy atom. The van der Waals surface area contributed by atoms with E-state index in [9.17, 15) is 0 Å². The fourth-order valence-electron chi connectivity index (χ4n) is 9.56. The van der Waals surface area contributed by atoms with E-state index >= 15 is 0 Å². The van der Waals surface area contributed by atoms with Crippen molar-refractivity contribution >= 4 is 11.7 Å². The number of hydrogen-bond donors (Lipinski definition) is 1. The van der Waals surface area contributed by atoms with Gasteiger partial charge in [0.25, 0.3) is 0 Å². The van der Waals surface area contributed by atoms with Crippen LogP contribution in [0.15, 0.2) is 229 Å². The molecule has 0 saturated carbocycles. The number of benzene rings is 8. The van der Waals surface area contributed by atoms with Crippen LogP contribution in [0.5, 0.6) is 11.5 Å². The predicted molar refractivity (Wildman–Crippen MR) is 250 cm³/mol. The average molecular weight is 795 g/mol. The summed E-state index contributed by atoms with van der Waals surface area (Å²) in [5, 5.41) is 3.65. The van der Waals surface area contributed by atoms with Gasteiger partial charge >= 0.3 is 0 Å². The van der Waals surface area contributed by atoms with Crippen LogP contribution in [0.3, 0.4) is 0 Å². The van der Waals surface area contributed by atoms with Crippen molar-refractivity contribution in [2.45, 2.75) is 11.6 Å². The molecule has 292 valence electrons. The lowest BCUT2D eigenvalue weighted by Crippen LogP contribution is -2.33. The number of ether oxygens (including phenoxy) is 1. The molecular formula is C57H38N4O. The van der Waals surface area contributed by atoms with Crippen molar-refractivity contribution in [3.8, 4) is 56.1 Å². The quantitative estimate of drug-likeness (QED) is 0.182. The molecule has 5 nitrogen and oxygen atoms in total. The Morgan fingerprint density at radius 3 is 1.66 bits per heavy atom. The highest BCUT2D eigenvalue weighted by Gasteiger charge is 2.51. The van der Waals surface area contributed by atoms with E-state index in [1.807, 2.05) is 30.5 Å². The van der Waals surface area contributed by atoms with E-state index in [1.165, 1.54) is 16.7 Å². The first-order valence-electron chi connectivity index (χ1n) is 21.0. The lowest BCUT2D eigenvalue weighted by atomic mass is 9.66. The molecule has 0 bridgehead atoms. The zero-order valence-corrected chi connectivity index (χ0v) is 33.6. The fraction of sp³-hybridized carbons (Fsp3) is 0.0351. The smallest absolute Gasteiger partial charge is 0.159 e. The van der Waals surface area contributed by atoms with E-state index < -0.39 is 5.41 Å². The van der Waals surface area contributed by atoms with Crippen LogP contribution in [0.25, 0.3) is 44.6 Å². The monoisotopic (exact) mass is 794 g/mol. The Labute approximate surface area is 360 Å². The van der Waals surface area contributed by atoms with Crippen molar-refractivity contribution < 1.29 is 4.74 Å². The van der Waals surface area contributed by atoms with Crippen molar-refractivity contribution in [3.63, 3.8) is 0 Å². The van der Waals surface area contributed by atoms with Crippen LogP contribution in [0.1, 0.15) is 45.1 Å². The Balaban J connectivity index is 0.892. The number of nitrogens with zero attached hydrogens (tertiary/aromatic N) is 3. The van der Waals surface area contributed by atoms with E-state index in [0.717, 1.165) is 84.2 Å². The molecule has 1 spiro atoms. The van der Waals surface area contributed by atoms with Crippen LogP contribution >= 0.6 is 0 Å². The number of para-hydroxylation sites is 2. The number of fused-ring (bicyclic) bond motifs is 9. The second-order valence-corrected chi connectivity index (χ2v) is 16.0. The highest BCUT2D eigenvalue weighted by molar-refractivity contribution is 6.13. The van der Waals surface area contributed by atoms with Crippen molar-refractivity contribution in [1.82, 2.24) is 10.3 Å². The van der Waals surface area contributed by atoms with Gasteiger partial charge in [0.05, 0.1) is 11.1 Å². The summed E-state index contributed by atoms with van der Waals surface area (Å²) in [7, 11) is 0. The standard InChI is InChI=1S/C57H38N4O/c1-3-13-37(14-4-1)38-28-30-42(31-29-38)55-59-54(41-15-5-2-6-16-41)60-56(61-55)45-18-11-17-43(35-45)39-24-26-40(27-25-39)44-32-33-46-50(36-44)57(49-21-12-34-58-53(46)49)47-19-7-9-22-51(47)62-52-23-10-8-20-48(52)57/h1-36,54H,(H,59,60,61). The van der Waals surface area contributed by atoms with Crippen molar-refractivity contribution in [2.75, 3.05) is 0 Å². The molecule has 1 N–H and O–H groups in total. The predicted octanol–water partition coefficient (Wildman–Crippen LogP) is 13.0. The van der Waals surface area contributed by atoms with Crippen molar-refractivity contribution in [2.24, 2.45) is 9.98 Å². The highest BCUT2D eigenvalue weighted by atomic mass is 16.5. The minimum atomic E-state index is -0.563. The topological polar surface area (TPSA) is 58.9 Å². The summed E-state index contributed by atoms with van der Waals surface area (Å²) in [6.07, 6.45) is 1.62. The summed E-state index contributed by atoms with van der Waals surface area (Å²) in [5.74, 6) is 3.23. The minimum Gasteiger partial charge on any atom is -0.457 e. The van der Waals surface area contributed by atoms with Crippen LogP contribution in [-0.4, -0.2) is 16.7 Å². The maximum atomic E-state index is 6.54. The molecule has 2 aliphatic heterocycles. The van der Waals surface area contributed by atoms with Gasteiger partial charge in [0, 0.05) is 34.0 Å². The number of rotatable bonds is 6. The molecule has 1 aliphatic carbocycles. The van der Waals surface area contributed by atoms with Gasteiger partial charge in [-0.1, -0.05) is 182 Å². The number of pyridine rings is 1. The van der Waals surface area contributed by atoms with Crippen LogP contribution in [-0.2, 0) is 5.41 Å². The average Bonchev–Trinajstić information content (AvgIpc) is 3.64. The molecule has 1 aromatic heterocycles. The molecule has 9 aromatic rings. The van der Waals surface area contributed by atoms with Crippen molar-refractivity contribution in [3.05, 3.63) is 257 Å². The molecule has 0 saturated heterocycles. The molecule has 3 aliphatic rings.